The van der Waals surface area contributed by atoms with Gasteiger partial charge in [0, 0.05) is 25.2 Å². The summed E-state index contributed by atoms with van der Waals surface area (Å²) in [5.41, 5.74) is 6.88. The van der Waals surface area contributed by atoms with Gasteiger partial charge in [-0.3, -0.25) is 4.79 Å². The highest BCUT2D eigenvalue weighted by Crippen LogP contribution is 2.15. The molecule has 0 saturated carbocycles. The average Bonchev–Trinajstić information content (AvgIpc) is 2.87. The molecule has 2 amide bonds. The largest absolute Gasteiger partial charge is 0.464 e. The van der Waals surface area contributed by atoms with Crippen LogP contribution in [0.3, 0.4) is 0 Å². The molecule has 6 heteroatoms. The van der Waals surface area contributed by atoms with Gasteiger partial charge in [-0.15, -0.1) is 0 Å². The Bertz CT molecular complexity index is 458. The van der Waals surface area contributed by atoms with Crippen LogP contribution in [-0.4, -0.2) is 40.2 Å². The molecule has 1 aromatic rings. The number of amides is 2. The normalized spacial score (nSPS) is 14.9. The number of carbonyl (C=O) groups is 2. The van der Waals surface area contributed by atoms with E-state index < -0.39 is 6.09 Å². The van der Waals surface area contributed by atoms with E-state index >= 15 is 0 Å². The van der Waals surface area contributed by atoms with Crippen LogP contribution >= 0.6 is 0 Å². The summed E-state index contributed by atoms with van der Waals surface area (Å²) in [6.45, 7) is 1.21. The summed E-state index contributed by atoms with van der Waals surface area (Å²) in [5, 5.41) is 11.3. The Morgan fingerprint density at radius 3 is 2.33 bits per heavy atom. The lowest BCUT2D eigenvalue weighted by Gasteiger charge is -2.25. The number of nitrogens with zero attached hydrogens (tertiary/aromatic N) is 2. The zero-order chi connectivity index (χ0) is 13.1. The Balaban J connectivity index is 2.17. The first-order chi connectivity index (χ1) is 8.63. The molecule has 1 aliphatic heterocycles. The fraction of sp³-hybridized carbons (Fsp3) is 0.333. The lowest BCUT2D eigenvalue weighted by Crippen LogP contribution is -2.44. The van der Waals surface area contributed by atoms with Crippen LogP contribution in [0.5, 0.6) is 0 Å². The van der Waals surface area contributed by atoms with Crippen LogP contribution < -0.4 is 5.73 Å². The van der Waals surface area contributed by atoms with Crippen LogP contribution in [-0.2, 0) is 6.54 Å². The number of benzene rings is 1. The maximum atomic E-state index is 12.2. The lowest BCUT2D eigenvalue weighted by atomic mass is 10.1. The third-order valence-electron chi connectivity index (χ3n) is 2.92. The molecule has 0 atom stereocenters. The molecule has 0 bridgehead atoms. The van der Waals surface area contributed by atoms with E-state index in [1.54, 1.807) is 24.3 Å². The molecule has 2 rings (SSSR count). The van der Waals surface area contributed by atoms with Crippen molar-refractivity contribution in [2.75, 3.05) is 13.1 Å². The summed E-state index contributed by atoms with van der Waals surface area (Å²) in [7, 11) is 0. The number of hydrazine groups is 1. The van der Waals surface area contributed by atoms with E-state index in [0.717, 1.165) is 10.6 Å². The molecule has 18 heavy (non-hydrogen) atoms. The third-order valence-corrected chi connectivity index (χ3v) is 2.92. The second-order valence-corrected chi connectivity index (χ2v) is 4.09. The summed E-state index contributed by atoms with van der Waals surface area (Å²) in [4.78, 5) is 23.1. The summed E-state index contributed by atoms with van der Waals surface area (Å²) in [5.74, 6) is -0.293. The highest BCUT2D eigenvalue weighted by Gasteiger charge is 2.30. The van der Waals surface area contributed by atoms with Gasteiger partial charge in [0.2, 0.25) is 0 Å². The number of hydrogen-bond donors (Lipinski definition) is 2. The van der Waals surface area contributed by atoms with Crippen molar-refractivity contribution in [3.05, 3.63) is 35.4 Å². The minimum absolute atomic E-state index is 0.293. The Morgan fingerprint density at radius 1 is 1.17 bits per heavy atom. The molecule has 1 heterocycles. The van der Waals surface area contributed by atoms with Crippen LogP contribution in [0.25, 0.3) is 0 Å². The van der Waals surface area contributed by atoms with E-state index in [-0.39, 0.29) is 5.91 Å². The van der Waals surface area contributed by atoms with Gasteiger partial charge in [-0.05, 0) is 24.1 Å². The summed E-state index contributed by atoms with van der Waals surface area (Å²) >= 11 is 0. The van der Waals surface area contributed by atoms with Crippen molar-refractivity contribution in [2.45, 2.75) is 13.0 Å². The van der Waals surface area contributed by atoms with E-state index in [1.165, 1.54) is 5.01 Å². The van der Waals surface area contributed by atoms with Crippen molar-refractivity contribution in [1.29, 1.82) is 0 Å². The Kier molecular flexibility index (Phi) is 3.47. The molecule has 3 N–H and O–H groups in total. The predicted molar refractivity (Wildman–Crippen MR) is 64.7 cm³/mol. The number of hydrogen-bond acceptors (Lipinski definition) is 3. The smallest absolute Gasteiger partial charge is 0.426 e. The van der Waals surface area contributed by atoms with Gasteiger partial charge < -0.3 is 10.8 Å². The number of nitrogens with two attached hydrogens (primary N) is 1. The van der Waals surface area contributed by atoms with Crippen LogP contribution in [0.1, 0.15) is 22.3 Å². The molecule has 0 spiro atoms. The second-order valence-electron chi connectivity index (χ2n) is 4.09. The maximum Gasteiger partial charge on any atom is 0.426 e. The average molecular weight is 249 g/mol. The van der Waals surface area contributed by atoms with Crippen molar-refractivity contribution in [3.8, 4) is 0 Å². The van der Waals surface area contributed by atoms with E-state index in [4.69, 9.17) is 10.8 Å². The first-order valence-corrected chi connectivity index (χ1v) is 5.74. The quantitative estimate of drug-likeness (QED) is 0.814. The van der Waals surface area contributed by atoms with Gasteiger partial charge in [0.05, 0.1) is 0 Å². The molecular weight excluding hydrogens is 234 g/mol. The topological polar surface area (TPSA) is 86.9 Å². The molecule has 0 unspecified atom stereocenters. The van der Waals surface area contributed by atoms with Crippen molar-refractivity contribution in [3.63, 3.8) is 0 Å². The summed E-state index contributed by atoms with van der Waals surface area (Å²) in [6, 6.07) is 6.88. The third kappa shape index (κ3) is 2.28. The Labute approximate surface area is 105 Å². The molecule has 1 fully saturated rings. The molecule has 1 saturated heterocycles. The molecule has 0 radical (unpaired) electrons. The second kappa shape index (κ2) is 5.05. The molecule has 1 aliphatic rings. The first-order valence-electron chi connectivity index (χ1n) is 5.74. The van der Waals surface area contributed by atoms with Crippen molar-refractivity contribution in [2.24, 2.45) is 5.73 Å². The monoisotopic (exact) mass is 249 g/mol. The van der Waals surface area contributed by atoms with E-state index in [9.17, 15) is 9.59 Å². The number of carboxylic acid groups (broad SMARTS) is 1. The van der Waals surface area contributed by atoms with Crippen molar-refractivity contribution < 1.29 is 14.7 Å². The highest BCUT2D eigenvalue weighted by molar-refractivity contribution is 5.95. The van der Waals surface area contributed by atoms with Gasteiger partial charge in [-0.1, -0.05) is 12.1 Å². The van der Waals surface area contributed by atoms with Crippen molar-refractivity contribution in [1.82, 2.24) is 10.0 Å². The van der Waals surface area contributed by atoms with Crippen LogP contribution in [0, 0.1) is 0 Å². The van der Waals surface area contributed by atoms with E-state index in [2.05, 4.69) is 0 Å². The van der Waals surface area contributed by atoms with Gasteiger partial charge in [0.15, 0.2) is 0 Å². The summed E-state index contributed by atoms with van der Waals surface area (Å²) < 4.78 is 0. The standard InChI is InChI=1S/C12H15N3O3/c13-8-9-2-4-10(5-3-9)11(16)14-6-1-7-15(14)12(17)18/h2-5H,1,6-8,13H2,(H,17,18). The SMILES string of the molecule is NCc1ccc(C(=O)N2CCCN2C(=O)O)cc1. The Hall–Kier alpha value is -2.08. The lowest BCUT2D eigenvalue weighted by molar-refractivity contribution is 0.0246. The van der Waals surface area contributed by atoms with Crippen molar-refractivity contribution >= 4 is 12.0 Å². The van der Waals surface area contributed by atoms with Gasteiger partial charge in [0.25, 0.3) is 5.91 Å². The first kappa shape index (κ1) is 12.4. The Morgan fingerprint density at radius 2 is 1.78 bits per heavy atom. The minimum atomic E-state index is -1.10. The summed E-state index contributed by atoms with van der Waals surface area (Å²) in [6.07, 6.45) is -0.432. The fourth-order valence-corrected chi connectivity index (χ4v) is 1.95. The van der Waals surface area contributed by atoms with Gasteiger partial charge in [-0.2, -0.15) is 0 Å². The van der Waals surface area contributed by atoms with Gasteiger partial charge in [0.1, 0.15) is 0 Å². The molecule has 0 aliphatic carbocycles. The van der Waals surface area contributed by atoms with E-state index in [0.29, 0.717) is 31.6 Å². The van der Waals surface area contributed by atoms with Crippen LogP contribution in [0.15, 0.2) is 24.3 Å². The van der Waals surface area contributed by atoms with Gasteiger partial charge >= 0.3 is 6.09 Å². The van der Waals surface area contributed by atoms with Gasteiger partial charge in [-0.25, -0.2) is 14.8 Å². The zero-order valence-electron chi connectivity index (χ0n) is 9.87. The molecule has 96 valence electrons. The van der Waals surface area contributed by atoms with E-state index in [1.807, 2.05) is 0 Å². The van der Waals surface area contributed by atoms with Crippen LogP contribution in [0.4, 0.5) is 4.79 Å². The fourth-order valence-electron chi connectivity index (χ4n) is 1.95. The molecular formula is C12H15N3O3. The number of rotatable bonds is 2. The molecule has 1 aromatic carbocycles. The van der Waals surface area contributed by atoms with Crippen LogP contribution in [0.2, 0.25) is 0 Å². The zero-order valence-corrected chi connectivity index (χ0v) is 9.87. The number of carbonyl (C=O) groups excluding carboxylic acids is 1. The predicted octanol–water partition coefficient (Wildman–Crippen LogP) is 0.886. The molecule has 6 nitrogen and oxygen atoms in total. The minimum Gasteiger partial charge on any atom is -0.464 e. The highest BCUT2D eigenvalue weighted by atomic mass is 16.4. The maximum absolute atomic E-state index is 12.2. The molecule has 0 aromatic heterocycles.